The van der Waals surface area contributed by atoms with Crippen molar-refractivity contribution in [2.45, 2.75) is 19.4 Å². The molecule has 132 valence electrons. The van der Waals surface area contributed by atoms with E-state index in [1.54, 1.807) is 19.2 Å². The van der Waals surface area contributed by atoms with Crippen molar-refractivity contribution in [1.82, 2.24) is 10.2 Å². The highest BCUT2D eigenvalue weighted by Gasteiger charge is 2.26. The first kappa shape index (κ1) is 17.1. The SMILES string of the molecule is CCN1CC(c2ccccc2)NC1=NCCc1ccc(OC)c(O)c1. The number of rotatable bonds is 6. The minimum atomic E-state index is 0.172. The smallest absolute Gasteiger partial charge is 0.194 e. The maximum absolute atomic E-state index is 9.86. The molecule has 1 fully saturated rings. The lowest BCUT2D eigenvalue weighted by Gasteiger charge is -2.14. The van der Waals surface area contributed by atoms with Crippen LogP contribution in [0.15, 0.2) is 53.5 Å². The Morgan fingerprint density at radius 2 is 2.04 bits per heavy atom. The van der Waals surface area contributed by atoms with Gasteiger partial charge in [0, 0.05) is 19.6 Å². The van der Waals surface area contributed by atoms with Gasteiger partial charge in [-0.1, -0.05) is 36.4 Å². The average molecular weight is 339 g/mol. The monoisotopic (exact) mass is 339 g/mol. The highest BCUT2D eigenvalue weighted by Crippen LogP contribution is 2.26. The molecule has 5 nitrogen and oxygen atoms in total. The summed E-state index contributed by atoms with van der Waals surface area (Å²) in [4.78, 5) is 7.00. The first-order valence-corrected chi connectivity index (χ1v) is 8.68. The van der Waals surface area contributed by atoms with Crippen LogP contribution in [0.2, 0.25) is 0 Å². The second-order valence-corrected chi connectivity index (χ2v) is 6.11. The standard InChI is InChI=1S/C20H25N3O2/c1-3-23-14-17(16-7-5-4-6-8-16)22-20(23)21-12-11-15-9-10-19(25-2)18(24)13-15/h4-10,13,17,24H,3,11-12,14H2,1-2H3,(H,21,22). The molecule has 3 rings (SSSR count). The summed E-state index contributed by atoms with van der Waals surface area (Å²) in [7, 11) is 1.55. The number of ether oxygens (including phenoxy) is 1. The van der Waals surface area contributed by atoms with Crippen LogP contribution in [-0.4, -0.2) is 42.7 Å². The van der Waals surface area contributed by atoms with Crippen LogP contribution in [0, 0.1) is 0 Å². The van der Waals surface area contributed by atoms with Crippen molar-refractivity contribution in [2.75, 3.05) is 26.7 Å². The molecule has 0 spiro atoms. The molecule has 0 bridgehead atoms. The zero-order valence-electron chi connectivity index (χ0n) is 14.8. The first-order valence-electron chi connectivity index (χ1n) is 8.68. The molecule has 1 saturated heterocycles. The Kier molecular flexibility index (Phi) is 5.43. The minimum Gasteiger partial charge on any atom is -0.504 e. The number of aromatic hydroxyl groups is 1. The molecule has 5 heteroatoms. The number of phenols is 1. The third kappa shape index (κ3) is 4.05. The van der Waals surface area contributed by atoms with Crippen LogP contribution in [0.5, 0.6) is 11.5 Å². The van der Waals surface area contributed by atoms with E-state index in [0.29, 0.717) is 12.3 Å². The van der Waals surface area contributed by atoms with E-state index < -0.39 is 0 Å². The summed E-state index contributed by atoms with van der Waals surface area (Å²) in [6, 6.07) is 16.2. The summed E-state index contributed by atoms with van der Waals surface area (Å²) in [5.41, 5.74) is 2.33. The fraction of sp³-hybridized carbons (Fsp3) is 0.350. The Labute approximate surface area is 149 Å². The van der Waals surface area contributed by atoms with Crippen molar-refractivity contribution in [2.24, 2.45) is 4.99 Å². The van der Waals surface area contributed by atoms with E-state index in [-0.39, 0.29) is 11.8 Å². The second kappa shape index (κ2) is 7.92. The molecule has 0 amide bonds. The van der Waals surface area contributed by atoms with E-state index in [1.807, 2.05) is 12.1 Å². The van der Waals surface area contributed by atoms with Gasteiger partial charge in [0.05, 0.1) is 13.2 Å². The maximum Gasteiger partial charge on any atom is 0.194 e. The van der Waals surface area contributed by atoms with Gasteiger partial charge >= 0.3 is 0 Å². The predicted octanol–water partition coefficient (Wildman–Crippen LogP) is 2.97. The highest BCUT2D eigenvalue weighted by molar-refractivity contribution is 5.82. The largest absolute Gasteiger partial charge is 0.504 e. The fourth-order valence-electron chi connectivity index (χ4n) is 3.08. The molecular formula is C20H25N3O2. The van der Waals surface area contributed by atoms with Gasteiger partial charge in [0.15, 0.2) is 17.5 Å². The van der Waals surface area contributed by atoms with Crippen molar-refractivity contribution in [3.05, 3.63) is 59.7 Å². The van der Waals surface area contributed by atoms with E-state index in [0.717, 1.165) is 31.0 Å². The van der Waals surface area contributed by atoms with E-state index in [4.69, 9.17) is 9.73 Å². The van der Waals surface area contributed by atoms with E-state index in [1.165, 1.54) is 5.56 Å². The lowest BCUT2D eigenvalue weighted by molar-refractivity contribution is 0.373. The Bertz CT molecular complexity index is 731. The van der Waals surface area contributed by atoms with E-state index >= 15 is 0 Å². The summed E-state index contributed by atoms with van der Waals surface area (Å²) in [5, 5.41) is 13.4. The van der Waals surface area contributed by atoms with Crippen molar-refractivity contribution in [3.63, 3.8) is 0 Å². The van der Waals surface area contributed by atoms with Crippen molar-refractivity contribution < 1.29 is 9.84 Å². The lowest BCUT2D eigenvalue weighted by atomic mass is 10.1. The van der Waals surface area contributed by atoms with Gasteiger partial charge in [0.2, 0.25) is 0 Å². The number of methoxy groups -OCH3 is 1. The molecular weight excluding hydrogens is 314 g/mol. The van der Waals surface area contributed by atoms with Crippen LogP contribution >= 0.6 is 0 Å². The third-order valence-corrected chi connectivity index (χ3v) is 4.49. The van der Waals surface area contributed by atoms with Gasteiger partial charge in [-0.15, -0.1) is 0 Å². The van der Waals surface area contributed by atoms with Crippen LogP contribution in [0.3, 0.4) is 0 Å². The normalized spacial score (nSPS) is 18.4. The lowest BCUT2D eigenvalue weighted by Crippen LogP contribution is -2.30. The maximum atomic E-state index is 9.86. The number of benzene rings is 2. The van der Waals surface area contributed by atoms with E-state index in [9.17, 15) is 5.11 Å². The van der Waals surface area contributed by atoms with Gasteiger partial charge in [-0.2, -0.15) is 0 Å². The average Bonchev–Trinajstić information content (AvgIpc) is 3.06. The summed E-state index contributed by atoms with van der Waals surface area (Å²) in [6.07, 6.45) is 0.774. The summed E-state index contributed by atoms with van der Waals surface area (Å²) < 4.78 is 5.07. The summed E-state index contributed by atoms with van der Waals surface area (Å²) in [6.45, 7) is 4.68. The van der Waals surface area contributed by atoms with Gasteiger partial charge < -0.3 is 20.1 Å². The molecule has 0 radical (unpaired) electrons. The molecule has 0 saturated carbocycles. The summed E-state index contributed by atoms with van der Waals surface area (Å²) in [5.74, 6) is 1.62. The number of phenolic OH excluding ortho intramolecular Hbond substituents is 1. The summed E-state index contributed by atoms with van der Waals surface area (Å²) >= 11 is 0. The third-order valence-electron chi connectivity index (χ3n) is 4.49. The van der Waals surface area contributed by atoms with Crippen LogP contribution in [-0.2, 0) is 6.42 Å². The Morgan fingerprint density at radius 3 is 2.72 bits per heavy atom. The van der Waals surface area contributed by atoms with Crippen LogP contribution in [0.4, 0.5) is 0 Å². The van der Waals surface area contributed by atoms with E-state index in [2.05, 4.69) is 41.4 Å². The van der Waals surface area contributed by atoms with Gasteiger partial charge in [-0.3, -0.25) is 4.99 Å². The molecule has 2 N–H and O–H groups in total. The zero-order valence-corrected chi connectivity index (χ0v) is 14.8. The molecule has 1 aliphatic rings. The molecule has 2 aromatic carbocycles. The molecule has 2 aromatic rings. The molecule has 1 unspecified atom stereocenters. The van der Waals surface area contributed by atoms with Gasteiger partial charge in [0.1, 0.15) is 0 Å². The number of hydrogen-bond donors (Lipinski definition) is 2. The van der Waals surface area contributed by atoms with Crippen molar-refractivity contribution in [3.8, 4) is 11.5 Å². The number of likely N-dealkylation sites (N-methyl/N-ethyl adjacent to an activating group) is 1. The quantitative estimate of drug-likeness (QED) is 0.849. The Balaban J connectivity index is 1.63. The zero-order chi connectivity index (χ0) is 17.6. The van der Waals surface area contributed by atoms with Gasteiger partial charge in [0.25, 0.3) is 0 Å². The number of guanidine groups is 1. The van der Waals surface area contributed by atoms with Gasteiger partial charge in [-0.25, -0.2) is 0 Å². The number of aliphatic imine (C=N–C) groups is 1. The number of nitrogens with one attached hydrogen (secondary N) is 1. The highest BCUT2D eigenvalue weighted by atomic mass is 16.5. The van der Waals surface area contributed by atoms with Crippen molar-refractivity contribution >= 4 is 5.96 Å². The Morgan fingerprint density at radius 1 is 1.24 bits per heavy atom. The molecule has 1 atom stereocenters. The van der Waals surface area contributed by atoms with Crippen LogP contribution in [0.1, 0.15) is 24.1 Å². The molecule has 1 heterocycles. The van der Waals surface area contributed by atoms with Gasteiger partial charge in [-0.05, 0) is 36.6 Å². The molecule has 1 aliphatic heterocycles. The number of hydrogen-bond acceptors (Lipinski definition) is 3. The predicted molar refractivity (Wildman–Crippen MR) is 100 cm³/mol. The molecule has 0 aromatic heterocycles. The topological polar surface area (TPSA) is 57.1 Å². The molecule has 25 heavy (non-hydrogen) atoms. The molecule has 0 aliphatic carbocycles. The van der Waals surface area contributed by atoms with Crippen LogP contribution < -0.4 is 10.1 Å². The Hall–Kier alpha value is -2.69. The van der Waals surface area contributed by atoms with Crippen LogP contribution in [0.25, 0.3) is 0 Å². The van der Waals surface area contributed by atoms with Crippen molar-refractivity contribution in [1.29, 1.82) is 0 Å². The second-order valence-electron chi connectivity index (χ2n) is 6.11. The first-order chi connectivity index (χ1) is 12.2. The number of nitrogens with zero attached hydrogens (tertiary/aromatic N) is 2. The fourth-order valence-corrected chi connectivity index (χ4v) is 3.08. The minimum absolute atomic E-state index is 0.172.